The van der Waals surface area contributed by atoms with E-state index in [1.54, 1.807) is 17.0 Å². The average molecular weight is 541 g/mol. The summed E-state index contributed by atoms with van der Waals surface area (Å²) in [5.74, 6) is -0.727. The molecule has 1 aromatic heterocycles. The van der Waals surface area contributed by atoms with Gasteiger partial charge in [0.05, 0.1) is 15.1 Å². The molecule has 1 heterocycles. The number of benzene rings is 3. The zero-order valence-electron chi connectivity index (χ0n) is 21.2. The van der Waals surface area contributed by atoms with Crippen molar-refractivity contribution in [3.63, 3.8) is 0 Å². The van der Waals surface area contributed by atoms with Crippen LogP contribution >= 0.6 is 11.3 Å². The van der Waals surface area contributed by atoms with Gasteiger partial charge < -0.3 is 4.90 Å². The first-order chi connectivity index (χ1) is 17.5. The number of rotatable bonds is 9. The molecule has 194 valence electrons. The Morgan fingerprint density at radius 2 is 1.62 bits per heavy atom. The quantitative estimate of drug-likeness (QED) is 0.305. The fourth-order valence-electron chi connectivity index (χ4n) is 3.78. The van der Waals surface area contributed by atoms with E-state index in [4.69, 9.17) is 4.98 Å². The molecule has 0 unspecified atom stereocenters. The largest absolute Gasteiger partial charge is 0.309 e. The van der Waals surface area contributed by atoms with Gasteiger partial charge in [-0.3, -0.25) is 14.4 Å². The van der Waals surface area contributed by atoms with E-state index in [2.05, 4.69) is 22.6 Å². The van der Waals surface area contributed by atoms with Crippen molar-refractivity contribution in [3.8, 4) is 0 Å². The number of nitrogens with one attached hydrogen (secondary N) is 1. The Balaban J connectivity index is 1.58. The first-order valence-electron chi connectivity index (χ1n) is 11.8. The Morgan fingerprint density at radius 1 is 0.973 bits per heavy atom. The monoisotopic (exact) mass is 540 g/mol. The van der Waals surface area contributed by atoms with Gasteiger partial charge >= 0.3 is 0 Å². The molecular weight excluding hydrogens is 511 g/mol. The van der Waals surface area contributed by atoms with Gasteiger partial charge in [-0.05, 0) is 113 Å². The highest BCUT2D eigenvalue weighted by molar-refractivity contribution is 7.92. The number of amides is 1. The van der Waals surface area contributed by atoms with Gasteiger partial charge in [0, 0.05) is 17.8 Å². The summed E-state index contributed by atoms with van der Waals surface area (Å²) < 4.78 is 41.9. The number of thiazole rings is 1. The third kappa shape index (κ3) is 6.33. The second-order valence-electron chi connectivity index (χ2n) is 9.15. The number of halogens is 1. The SMILES string of the molecule is Cc1cc2nc(N(CCCN(C)C)C(=O)c3ccc(NS(=O)(=O)c4ccc(F)cc4)cc3)sc2cc1C. The summed E-state index contributed by atoms with van der Waals surface area (Å²) in [6.07, 6.45) is 0.766. The van der Waals surface area contributed by atoms with Gasteiger partial charge in [0.15, 0.2) is 5.13 Å². The smallest absolute Gasteiger partial charge is 0.261 e. The summed E-state index contributed by atoms with van der Waals surface area (Å²) in [5.41, 5.74) is 3.90. The zero-order chi connectivity index (χ0) is 26.7. The van der Waals surface area contributed by atoms with Crippen LogP contribution in [-0.2, 0) is 10.0 Å². The fraction of sp³-hybridized carbons (Fsp3) is 0.259. The maximum atomic E-state index is 13.6. The minimum atomic E-state index is -3.89. The molecule has 37 heavy (non-hydrogen) atoms. The number of fused-ring (bicyclic) bond motifs is 1. The van der Waals surface area contributed by atoms with Crippen LogP contribution in [0.2, 0.25) is 0 Å². The molecule has 3 aromatic carbocycles. The van der Waals surface area contributed by atoms with E-state index in [1.165, 1.54) is 41.2 Å². The fourth-order valence-corrected chi connectivity index (χ4v) is 5.91. The van der Waals surface area contributed by atoms with Gasteiger partial charge in [0.25, 0.3) is 15.9 Å². The van der Waals surface area contributed by atoms with Crippen molar-refractivity contribution in [2.75, 3.05) is 36.8 Å². The Hall–Kier alpha value is -3.34. The highest BCUT2D eigenvalue weighted by Gasteiger charge is 2.22. The number of aromatic nitrogens is 1. The van der Waals surface area contributed by atoms with Gasteiger partial charge in [-0.2, -0.15) is 0 Å². The van der Waals surface area contributed by atoms with Gasteiger partial charge in [0.2, 0.25) is 0 Å². The molecule has 0 aliphatic rings. The van der Waals surface area contributed by atoms with Crippen molar-refractivity contribution in [2.45, 2.75) is 25.2 Å². The molecule has 0 spiro atoms. The Morgan fingerprint density at radius 3 is 2.27 bits per heavy atom. The lowest BCUT2D eigenvalue weighted by Crippen LogP contribution is -2.33. The molecular formula is C27H29FN4O3S2. The maximum absolute atomic E-state index is 13.6. The molecule has 0 bridgehead atoms. The molecule has 0 saturated heterocycles. The first kappa shape index (κ1) is 26.7. The average Bonchev–Trinajstić information content (AvgIpc) is 3.24. The van der Waals surface area contributed by atoms with Gasteiger partial charge in [-0.15, -0.1) is 0 Å². The van der Waals surface area contributed by atoms with Crippen LogP contribution in [0.5, 0.6) is 0 Å². The van der Waals surface area contributed by atoms with Gasteiger partial charge in [-0.1, -0.05) is 11.3 Å². The third-order valence-electron chi connectivity index (χ3n) is 5.96. The number of carbonyl (C=O) groups is 1. The van der Waals surface area contributed by atoms with Gasteiger partial charge in [-0.25, -0.2) is 17.8 Å². The van der Waals surface area contributed by atoms with Crippen LogP contribution in [0.15, 0.2) is 65.6 Å². The van der Waals surface area contributed by atoms with Gasteiger partial charge in [0.1, 0.15) is 5.82 Å². The predicted molar refractivity (Wildman–Crippen MR) is 148 cm³/mol. The maximum Gasteiger partial charge on any atom is 0.261 e. The van der Waals surface area contributed by atoms with Crippen molar-refractivity contribution >= 4 is 48.3 Å². The van der Waals surface area contributed by atoms with Crippen LogP contribution in [-0.4, -0.2) is 51.4 Å². The van der Waals surface area contributed by atoms with Crippen LogP contribution in [0.1, 0.15) is 27.9 Å². The number of aryl methyl sites for hydroxylation is 2. The van der Waals surface area contributed by atoms with E-state index in [1.807, 2.05) is 27.1 Å². The standard InChI is InChI=1S/C27H29FN4O3S2/c1-18-16-24-25(17-19(18)2)36-27(29-24)32(15-5-14-31(3)4)26(33)20-6-10-22(11-7-20)30-37(34,35)23-12-8-21(28)9-13-23/h6-13,16-17,30H,5,14-15H2,1-4H3. The highest BCUT2D eigenvalue weighted by atomic mass is 32.2. The molecule has 4 rings (SSSR count). The first-order valence-corrected chi connectivity index (χ1v) is 14.1. The van der Waals surface area contributed by atoms with E-state index in [0.29, 0.717) is 22.9 Å². The van der Waals surface area contributed by atoms with E-state index < -0.39 is 15.8 Å². The zero-order valence-corrected chi connectivity index (χ0v) is 22.8. The molecule has 10 heteroatoms. The molecule has 7 nitrogen and oxygen atoms in total. The topological polar surface area (TPSA) is 82.6 Å². The van der Waals surface area contributed by atoms with E-state index in [0.717, 1.165) is 40.9 Å². The van der Waals surface area contributed by atoms with Crippen LogP contribution in [0.25, 0.3) is 10.2 Å². The van der Waals surface area contributed by atoms with Crippen molar-refractivity contribution in [2.24, 2.45) is 0 Å². The molecule has 4 aromatic rings. The summed E-state index contributed by atoms with van der Waals surface area (Å²) in [7, 11) is 0.0848. The van der Waals surface area contributed by atoms with Crippen LogP contribution in [0.3, 0.4) is 0 Å². The molecule has 0 aliphatic heterocycles. The van der Waals surface area contributed by atoms with Crippen LogP contribution < -0.4 is 9.62 Å². The second-order valence-corrected chi connectivity index (χ2v) is 11.8. The number of hydrogen-bond donors (Lipinski definition) is 1. The summed E-state index contributed by atoms with van der Waals surface area (Å²) in [4.78, 5) is 22.0. The molecule has 0 fully saturated rings. The number of anilines is 2. The third-order valence-corrected chi connectivity index (χ3v) is 8.40. The molecule has 1 N–H and O–H groups in total. The Kier molecular flexibility index (Phi) is 7.91. The van der Waals surface area contributed by atoms with E-state index in [-0.39, 0.29) is 10.8 Å². The number of hydrogen-bond acceptors (Lipinski definition) is 6. The lowest BCUT2D eigenvalue weighted by molar-refractivity contribution is 0.0986. The lowest BCUT2D eigenvalue weighted by atomic mass is 10.1. The Labute approximate surface area is 220 Å². The summed E-state index contributed by atoms with van der Waals surface area (Å²) >= 11 is 1.48. The van der Waals surface area contributed by atoms with Crippen LogP contribution in [0, 0.1) is 19.7 Å². The van der Waals surface area contributed by atoms with E-state index in [9.17, 15) is 17.6 Å². The van der Waals surface area contributed by atoms with Crippen molar-refractivity contribution in [1.82, 2.24) is 9.88 Å². The molecule has 0 saturated carbocycles. The van der Waals surface area contributed by atoms with E-state index >= 15 is 0 Å². The minimum absolute atomic E-state index is 0.0533. The molecule has 0 aliphatic carbocycles. The van der Waals surface area contributed by atoms with Crippen molar-refractivity contribution < 1.29 is 17.6 Å². The summed E-state index contributed by atoms with van der Waals surface area (Å²) in [5, 5.41) is 0.629. The highest BCUT2D eigenvalue weighted by Crippen LogP contribution is 2.32. The molecule has 0 radical (unpaired) electrons. The minimum Gasteiger partial charge on any atom is -0.309 e. The van der Waals surface area contributed by atoms with Crippen molar-refractivity contribution in [1.29, 1.82) is 0 Å². The summed E-state index contributed by atoms with van der Waals surface area (Å²) in [6, 6.07) is 15.0. The van der Waals surface area contributed by atoms with Crippen molar-refractivity contribution in [3.05, 3.63) is 83.2 Å². The summed E-state index contributed by atoms with van der Waals surface area (Å²) in [6.45, 7) is 5.41. The molecule has 0 atom stereocenters. The normalized spacial score (nSPS) is 11.7. The number of nitrogens with zero attached hydrogens (tertiary/aromatic N) is 3. The van der Waals surface area contributed by atoms with Crippen LogP contribution in [0.4, 0.5) is 15.2 Å². The molecule has 1 amide bonds. The predicted octanol–water partition coefficient (Wildman–Crippen LogP) is 5.45. The Bertz CT molecular complexity index is 1480. The number of carbonyl (C=O) groups excluding carboxylic acids is 1. The second kappa shape index (κ2) is 11.0. The lowest BCUT2D eigenvalue weighted by Gasteiger charge is -2.21. The number of sulfonamides is 1.